The van der Waals surface area contributed by atoms with Gasteiger partial charge in [0.15, 0.2) is 5.78 Å². The SMILES string of the molecule is CCn1c(C)cc(C(=O)CN2C(=O)N[C@](C)(c3ccc(Cl)cc3)C2=O)c1C. The number of benzene rings is 1. The summed E-state index contributed by atoms with van der Waals surface area (Å²) in [6, 6.07) is 7.94. The second kappa shape index (κ2) is 6.85. The molecule has 3 rings (SSSR count). The highest BCUT2D eigenvalue weighted by atomic mass is 35.5. The Morgan fingerprint density at radius 3 is 2.37 bits per heavy atom. The van der Waals surface area contributed by atoms with Gasteiger partial charge in [0.2, 0.25) is 0 Å². The van der Waals surface area contributed by atoms with Crippen LogP contribution >= 0.6 is 11.6 Å². The van der Waals surface area contributed by atoms with Gasteiger partial charge in [-0.3, -0.25) is 14.5 Å². The summed E-state index contributed by atoms with van der Waals surface area (Å²) in [5.74, 6) is -0.709. The molecule has 1 aromatic carbocycles. The van der Waals surface area contributed by atoms with E-state index in [0.29, 0.717) is 16.1 Å². The van der Waals surface area contributed by atoms with Crippen molar-refractivity contribution in [3.63, 3.8) is 0 Å². The van der Waals surface area contributed by atoms with Crippen LogP contribution in [0.1, 0.15) is 41.2 Å². The molecule has 1 aromatic heterocycles. The molecule has 1 atom stereocenters. The lowest BCUT2D eigenvalue weighted by molar-refractivity contribution is -0.130. The van der Waals surface area contributed by atoms with Crippen molar-refractivity contribution in [2.45, 2.75) is 39.8 Å². The van der Waals surface area contributed by atoms with Gasteiger partial charge >= 0.3 is 6.03 Å². The highest BCUT2D eigenvalue weighted by Gasteiger charge is 2.49. The Kier molecular flexibility index (Phi) is 4.86. The van der Waals surface area contributed by atoms with Crippen LogP contribution in [0.2, 0.25) is 5.02 Å². The third kappa shape index (κ3) is 3.14. The van der Waals surface area contributed by atoms with Crippen LogP contribution in [0.4, 0.5) is 4.79 Å². The van der Waals surface area contributed by atoms with Crippen LogP contribution < -0.4 is 5.32 Å². The van der Waals surface area contributed by atoms with E-state index in [9.17, 15) is 14.4 Å². The normalized spacial score (nSPS) is 19.5. The summed E-state index contributed by atoms with van der Waals surface area (Å²) in [5.41, 5.74) is 1.75. The molecule has 142 valence electrons. The van der Waals surface area contributed by atoms with Crippen molar-refractivity contribution in [1.82, 2.24) is 14.8 Å². The molecule has 27 heavy (non-hydrogen) atoms. The number of aryl methyl sites for hydroxylation is 1. The molecule has 0 spiro atoms. The van der Waals surface area contributed by atoms with Crippen molar-refractivity contribution in [2.75, 3.05) is 6.54 Å². The Hall–Kier alpha value is -2.60. The van der Waals surface area contributed by atoms with Gasteiger partial charge in [-0.25, -0.2) is 4.79 Å². The number of aromatic nitrogens is 1. The molecule has 7 heteroatoms. The first-order chi connectivity index (χ1) is 12.7. The maximum Gasteiger partial charge on any atom is 0.325 e. The van der Waals surface area contributed by atoms with E-state index >= 15 is 0 Å². The van der Waals surface area contributed by atoms with Gasteiger partial charge in [0, 0.05) is 28.5 Å². The fraction of sp³-hybridized carbons (Fsp3) is 0.350. The number of carbonyl (C=O) groups excluding carboxylic acids is 3. The molecular weight excluding hydrogens is 366 g/mol. The number of amides is 3. The average Bonchev–Trinajstić information content (AvgIpc) is 3.03. The van der Waals surface area contributed by atoms with Gasteiger partial charge in [0.25, 0.3) is 5.91 Å². The largest absolute Gasteiger partial charge is 0.349 e. The van der Waals surface area contributed by atoms with Crippen molar-refractivity contribution < 1.29 is 14.4 Å². The van der Waals surface area contributed by atoms with Gasteiger partial charge in [0.1, 0.15) is 5.54 Å². The van der Waals surface area contributed by atoms with Crippen LogP contribution in [0.25, 0.3) is 0 Å². The monoisotopic (exact) mass is 387 g/mol. The van der Waals surface area contributed by atoms with Gasteiger partial charge in [-0.05, 0) is 51.5 Å². The quantitative estimate of drug-likeness (QED) is 0.631. The number of hydrogen-bond acceptors (Lipinski definition) is 3. The van der Waals surface area contributed by atoms with E-state index in [-0.39, 0.29) is 12.3 Å². The topological polar surface area (TPSA) is 71.4 Å². The lowest BCUT2D eigenvalue weighted by Gasteiger charge is -2.22. The Balaban J connectivity index is 1.86. The maximum atomic E-state index is 13.0. The number of halogens is 1. The maximum absolute atomic E-state index is 13.0. The van der Waals surface area contributed by atoms with Crippen molar-refractivity contribution in [2.24, 2.45) is 0 Å². The summed E-state index contributed by atoms with van der Waals surface area (Å²) in [4.78, 5) is 39.1. The predicted molar refractivity (Wildman–Crippen MR) is 103 cm³/mol. The number of carbonyl (C=O) groups is 3. The fourth-order valence-electron chi connectivity index (χ4n) is 3.62. The molecule has 0 bridgehead atoms. The summed E-state index contributed by atoms with van der Waals surface area (Å²) in [5, 5.41) is 3.24. The molecule has 1 aliphatic heterocycles. The molecule has 1 N–H and O–H groups in total. The van der Waals surface area contributed by atoms with Crippen LogP contribution in [-0.2, 0) is 16.9 Å². The lowest BCUT2D eigenvalue weighted by atomic mass is 9.92. The summed E-state index contributed by atoms with van der Waals surface area (Å²) in [6.45, 7) is 7.89. The highest BCUT2D eigenvalue weighted by Crippen LogP contribution is 2.30. The van der Waals surface area contributed by atoms with Gasteiger partial charge in [-0.2, -0.15) is 0 Å². The lowest BCUT2D eigenvalue weighted by Crippen LogP contribution is -2.41. The Morgan fingerprint density at radius 1 is 1.19 bits per heavy atom. The standard InChI is InChI=1S/C20H22ClN3O3/c1-5-23-12(2)10-16(13(23)3)17(25)11-24-18(26)20(4,22-19(24)27)14-6-8-15(21)9-7-14/h6-10H,5,11H2,1-4H3,(H,22,27)/t20-/m1/s1. The summed E-state index contributed by atoms with van der Waals surface area (Å²) in [7, 11) is 0. The van der Waals surface area contributed by atoms with Crippen LogP contribution in [0.5, 0.6) is 0 Å². The minimum atomic E-state index is -1.22. The van der Waals surface area contributed by atoms with Crippen molar-refractivity contribution in [1.29, 1.82) is 0 Å². The zero-order chi connectivity index (χ0) is 19.9. The molecule has 1 fully saturated rings. The predicted octanol–water partition coefficient (Wildman–Crippen LogP) is 3.43. The van der Waals surface area contributed by atoms with Crippen molar-refractivity contribution in [3.05, 3.63) is 57.9 Å². The summed E-state index contributed by atoms with van der Waals surface area (Å²) < 4.78 is 2.02. The fourth-order valence-corrected chi connectivity index (χ4v) is 3.74. The molecule has 0 aliphatic carbocycles. The van der Waals surface area contributed by atoms with Gasteiger partial charge in [-0.15, -0.1) is 0 Å². The number of Topliss-reactive ketones (excluding diaryl/α,β-unsaturated/α-hetero) is 1. The first kappa shape index (κ1) is 19.2. The number of hydrogen-bond donors (Lipinski definition) is 1. The highest BCUT2D eigenvalue weighted by molar-refractivity contribution is 6.30. The molecule has 1 saturated heterocycles. The minimum Gasteiger partial charge on any atom is -0.349 e. The molecule has 1 aliphatic rings. The van der Waals surface area contributed by atoms with E-state index in [2.05, 4.69) is 5.32 Å². The van der Waals surface area contributed by atoms with Crippen LogP contribution in [0.3, 0.4) is 0 Å². The third-order valence-corrected chi connectivity index (χ3v) is 5.44. The first-order valence-corrected chi connectivity index (χ1v) is 9.17. The smallest absolute Gasteiger partial charge is 0.325 e. The van der Waals surface area contributed by atoms with E-state index in [4.69, 9.17) is 11.6 Å². The van der Waals surface area contributed by atoms with Gasteiger partial charge in [0.05, 0.1) is 6.54 Å². The van der Waals surface area contributed by atoms with Crippen molar-refractivity contribution >= 4 is 29.3 Å². The molecule has 0 unspecified atom stereocenters. The van der Waals surface area contributed by atoms with E-state index in [1.165, 1.54) is 0 Å². The Morgan fingerprint density at radius 2 is 1.81 bits per heavy atom. The Bertz CT molecular complexity index is 933. The third-order valence-electron chi connectivity index (χ3n) is 5.19. The molecule has 0 radical (unpaired) electrons. The molecule has 2 aromatic rings. The van der Waals surface area contributed by atoms with Gasteiger partial charge < -0.3 is 9.88 Å². The second-order valence-corrected chi connectivity index (χ2v) is 7.34. The zero-order valence-corrected chi connectivity index (χ0v) is 16.6. The number of ketones is 1. The number of nitrogens with one attached hydrogen (secondary N) is 1. The zero-order valence-electron chi connectivity index (χ0n) is 15.8. The average molecular weight is 388 g/mol. The molecular formula is C20H22ClN3O3. The van der Waals surface area contributed by atoms with E-state index < -0.39 is 17.5 Å². The number of nitrogens with zero attached hydrogens (tertiary/aromatic N) is 2. The second-order valence-electron chi connectivity index (χ2n) is 6.91. The number of rotatable bonds is 5. The van der Waals surface area contributed by atoms with Gasteiger partial charge in [-0.1, -0.05) is 23.7 Å². The first-order valence-electron chi connectivity index (χ1n) is 8.79. The van der Waals surface area contributed by atoms with Crippen LogP contribution in [0.15, 0.2) is 30.3 Å². The Labute approximate surface area is 163 Å². The molecule has 0 saturated carbocycles. The van der Waals surface area contributed by atoms with Crippen LogP contribution in [-0.4, -0.2) is 33.7 Å². The molecule has 6 nitrogen and oxygen atoms in total. The molecule has 3 amide bonds. The summed E-state index contributed by atoms with van der Waals surface area (Å²) in [6.07, 6.45) is 0. The summed E-state index contributed by atoms with van der Waals surface area (Å²) >= 11 is 5.91. The molecule has 2 heterocycles. The van der Waals surface area contributed by atoms with Crippen molar-refractivity contribution in [3.8, 4) is 0 Å². The van der Waals surface area contributed by atoms with E-state index in [1.807, 2.05) is 25.3 Å². The van der Waals surface area contributed by atoms with E-state index in [1.54, 1.807) is 37.3 Å². The minimum absolute atomic E-state index is 0.258. The van der Waals surface area contributed by atoms with E-state index in [0.717, 1.165) is 22.8 Å². The van der Waals surface area contributed by atoms with Crippen LogP contribution in [0, 0.1) is 13.8 Å². The number of imide groups is 1. The number of urea groups is 1.